The van der Waals surface area contributed by atoms with E-state index in [1.54, 1.807) is 18.2 Å². The molecule has 0 aliphatic heterocycles. The van der Waals surface area contributed by atoms with Gasteiger partial charge in [-0.15, -0.1) is 0 Å². The lowest BCUT2D eigenvalue weighted by molar-refractivity contribution is 0.325. The van der Waals surface area contributed by atoms with Gasteiger partial charge in [0, 0.05) is 0 Å². The summed E-state index contributed by atoms with van der Waals surface area (Å²) in [6.07, 6.45) is 1.37. The molecule has 2 aromatic heterocycles. The number of nitrogens with zero attached hydrogens (tertiary/aromatic N) is 2. The highest BCUT2D eigenvalue weighted by Gasteiger charge is 2.20. The molecule has 0 saturated carbocycles. The van der Waals surface area contributed by atoms with Gasteiger partial charge < -0.3 is 19.8 Å². The Balaban J connectivity index is 2.86. The van der Waals surface area contributed by atoms with E-state index in [9.17, 15) is 10.1 Å². The highest BCUT2D eigenvalue weighted by Crippen LogP contribution is 2.29. The highest BCUT2D eigenvalue weighted by atomic mass is 16.3. The van der Waals surface area contributed by atoms with Gasteiger partial charge in [-0.3, -0.25) is 4.79 Å². The minimum atomic E-state index is -0.663. The lowest BCUT2D eigenvalue weighted by Crippen LogP contribution is -2.17. The van der Waals surface area contributed by atoms with Crippen molar-refractivity contribution < 1.29 is 9.52 Å². The maximum absolute atomic E-state index is 11.8. The Morgan fingerprint density at radius 1 is 1.37 bits per heavy atom. The fraction of sp³-hybridized carbons (Fsp3) is 0.0833. The molecule has 2 aromatic rings. The van der Waals surface area contributed by atoms with Gasteiger partial charge >= 0.3 is 0 Å². The van der Waals surface area contributed by atoms with Gasteiger partial charge in [-0.25, -0.2) is 0 Å². The monoisotopic (exact) mass is 256 g/mol. The first-order valence-corrected chi connectivity index (χ1v) is 5.22. The van der Waals surface area contributed by atoms with Crippen LogP contribution in [-0.4, -0.2) is 16.8 Å². The van der Waals surface area contributed by atoms with E-state index in [0.29, 0.717) is 0 Å². The van der Waals surface area contributed by atoms with Gasteiger partial charge in [0.2, 0.25) is 0 Å². The number of aliphatic hydroxyl groups excluding tert-OH is 1. The van der Waals surface area contributed by atoms with Gasteiger partial charge in [-0.05, 0) is 12.1 Å². The van der Waals surface area contributed by atoms with Gasteiger partial charge in [0.1, 0.15) is 41.6 Å². The zero-order valence-corrected chi connectivity index (χ0v) is 9.60. The predicted octanol–water partition coefficient (Wildman–Crippen LogP) is 0.740. The molecular formula is C12H8N4O3. The summed E-state index contributed by atoms with van der Waals surface area (Å²) in [6.45, 7) is -0.464. The first kappa shape index (κ1) is 12.4. The molecule has 0 unspecified atom stereocenters. The summed E-state index contributed by atoms with van der Waals surface area (Å²) in [7, 11) is 0. The third-order valence-electron chi connectivity index (χ3n) is 2.46. The highest BCUT2D eigenvalue weighted by molar-refractivity contribution is 5.77. The molecule has 0 aliphatic carbocycles. The van der Waals surface area contributed by atoms with Crippen LogP contribution in [0.3, 0.4) is 0 Å². The number of anilines is 1. The molecule has 3 N–H and O–H groups in total. The Labute approximate surface area is 107 Å². The lowest BCUT2D eigenvalue weighted by Gasteiger charge is -2.09. The van der Waals surface area contributed by atoms with E-state index < -0.39 is 12.3 Å². The Bertz CT molecular complexity index is 732. The second-order valence-electron chi connectivity index (χ2n) is 3.49. The SMILES string of the molecule is N#Cc1c(NCO)[nH]c(=O)c(C#N)c1-c1ccco1. The topological polar surface area (TPSA) is 126 Å². The second-order valence-corrected chi connectivity index (χ2v) is 3.49. The summed E-state index contributed by atoms with van der Waals surface area (Å²) in [4.78, 5) is 14.1. The van der Waals surface area contributed by atoms with E-state index >= 15 is 0 Å². The molecule has 94 valence electrons. The third kappa shape index (κ3) is 2.06. The predicted molar refractivity (Wildman–Crippen MR) is 64.9 cm³/mol. The fourth-order valence-corrected chi connectivity index (χ4v) is 1.70. The van der Waals surface area contributed by atoms with Gasteiger partial charge in [0.05, 0.1) is 11.8 Å². The summed E-state index contributed by atoms with van der Waals surface area (Å²) < 4.78 is 5.15. The fourth-order valence-electron chi connectivity index (χ4n) is 1.70. The van der Waals surface area contributed by atoms with Crippen LogP contribution >= 0.6 is 0 Å². The molecule has 0 atom stereocenters. The molecule has 7 heteroatoms. The molecule has 0 saturated heterocycles. The number of hydrogen-bond acceptors (Lipinski definition) is 6. The Hall–Kier alpha value is -3.03. The maximum atomic E-state index is 11.8. The first-order chi connectivity index (χ1) is 9.22. The van der Waals surface area contributed by atoms with Crippen molar-refractivity contribution in [2.45, 2.75) is 0 Å². The van der Waals surface area contributed by atoms with E-state index in [2.05, 4.69) is 10.3 Å². The summed E-state index contributed by atoms with van der Waals surface area (Å²) in [6, 6.07) is 6.76. The summed E-state index contributed by atoms with van der Waals surface area (Å²) >= 11 is 0. The average Bonchev–Trinajstić information content (AvgIpc) is 2.92. The van der Waals surface area contributed by atoms with Crippen molar-refractivity contribution in [3.8, 4) is 23.5 Å². The van der Waals surface area contributed by atoms with Gasteiger partial charge in [-0.2, -0.15) is 10.5 Å². The Morgan fingerprint density at radius 2 is 2.11 bits per heavy atom. The van der Waals surface area contributed by atoms with Crippen molar-refractivity contribution in [1.29, 1.82) is 10.5 Å². The van der Waals surface area contributed by atoms with Crippen LogP contribution < -0.4 is 10.9 Å². The summed E-state index contributed by atoms with van der Waals surface area (Å²) in [5, 5.41) is 29.5. The van der Waals surface area contributed by atoms with E-state index in [4.69, 9.17) is 14.8 Å². The van der Waals surface area contributed by atoms with Crippen molar-refractivity contribution in [1.82, 2.24) is 4.98 Å². The van der Waals surface area contributed by atoms with Crippen LogP contribution in [0.15, 0.2) is 27.6 Å². The number of aromatic amines is 1. The zero-order valence-electron chi connectivity index (χ0n) is 9.60. The van der Waals surface area contributed by atoms with Crippen molar-refractivity contribution in [3.05, 3.63) is 39.9 Å². The van der Waals surface area contributed by atoms with Crippen molar-refractivity contribution in [3.63, 3.8) is 0 Å². The summed E-state index contributed by atoms with van der Waals surface area (Å²) in [5.41, 5.74) is -0.742. The largest absolute Gasteiger partial charge is 0.464 e. The normalized spacial score (nSPS) is 9.63. The van der Waals surface area contributed by atoms with Crippen LogP contribution in [0.4, 0.5) is 5.82 Å². The third-order valence-corrected chi connectivity index (χ3v) is 2.46. The Morgan fingerprint density at radius 3 is 2.63 bits per heavy atom. The number of rotatable bonds is 3. The van der Waals surface area contributed by atoms with Crippen LogP contribution in [0, 0.1) is 22.7 Å². The number of aliphatic hydroxyl groups is 1. The molecule has 0 aromatic carbocycles. The molecule has 2 rings (SSSR count). The molecule has 0 amide bonds. The summed E-state index contributed by atoms with van der Waals surface area (Å²) in [5.74, 6) is 0.278. The van der Waals surface area contributed by atoms with Gasteiger partial charge in [0.25, 0.3) is 5.56 Å². The quantitative estimate of drug-likeness (QED) is 0.695. The van der Waals surface area contributed by atoms with Crippen molar-refractivity contribution in [2.75, 3.05) is 12.0 Å². The van der Waals surface area contributed by atoms with Crippen molar-refractivity contribution >= 4 is 5.82 Å². The molecule has 0 fully saturated rings. The van der Waals surface area contributed by atoms with E-state index in [1.165, 1.54) is 6.26 Å². The maximum Gasteiger partial charge on any atom is 0.268 e. The minimum absolute atomic E-state index is 0.0279. The van der Waals surface area contributed by atoms with Crippen LogP contribution in [0.2, 0.25) is 0 Å². The number of pyridine rings is 1. The standard InChI is InChI=1S/C12H8N4O3/c13-4-7-10(9-2-1-3-19-9)8(5-14)12(18)16-11(7)15-6-17/h1-3,17H,6H2,(H2,15,16,18). The zero-order chi connectivity index (χ0) is 13.8. The molecular weight excluding hydrogens is 248 g/mol. The molecule has 0 aliphatic rings. The number of nitriles is 2. The first-order valence-electron chi connectivity index (χ1n) is 5.22. The smallest absolute Gasteiger partial charge is 0.268 e. The number of hydrogen-bond donors (Lipinski definition) is 3. The molecule has 0 spiro atoms. The molecule has 19 heavy (non-hydrogen) atoms. The molecule has 0 bridgehead atoms. The van der Waals surface area contributed by atoms with Crippen LogP contribution in [0.5, 0.6) is 0 Å². The molecule has 0 radical (unpaired) electrons. The average molecular weight is 256 g/mol. The van der Waals surface area contributed by atoms with Crippen molar-refractivity contribution in [2.24, 2.45) is 0 Å². The number of furan rings is 1. The van der Waals surface area contributed by atoms with E-state index in [1.807, 2.05) is 6.07 Å². The lowest BCUT2D eigenvalue weighted by atomic mass is 10.0. The second kappa shape index (κ2) is 5.08. The van der Waals surface area contributed by atoms with E-state index in [-0.39, 0.29) is 28.3 Å². The Kier molecular flexibility index (Phi) is 3.33. The van der Waals surface area contributed by atoms with Gasteiger partial charge in [0.15, 0.2) is 0 Å². The molecule has 2 heterocycles. The number of nitrogens with one attached hydrogen (secondary N) is 2. The van der Waals surface area contributed by atoms with Crippen LogP contribution in [0.1, 0.15) is 11.1 Å². The van der Waals surface area contributed by atoms with Crippen LogP contribution in [-0.2, 0) is 0 Å². The minimum Gasteiger partial charge on any atom is -0.464 e. The van der Waals surface area contributed by atoms with E-state index in [0.717, 1.165) is 0 Å². The number of H-pyrrole nitrogens is 1. The van der Waals surface area contributed by atoms with Crippen LogP contribution in [0.25, 0.3) is 11.3 Å². The van der Waals surface area contributed by atoms with Gasteiger partial charge in [-0.1, -0.05) is 0 Å². The number of aromatic nitrogens is 1. The molecule has 7 nitrogen and oxygen atoms in total.